The van der Waals surface area contributed by atoms with Crippen molar-refractivity contribution in [3.63, 3.8) is 0 Å². The van der Waals surface area contributed by atoms with E-state index in [0.717, 1.165) is 18.2 Å². The van der Waals surface area contributed by atoms with Crippen molar-refractivity contribution in [1.82, 2.24) is 19.7 Å². The third kappa shape index (κ3) is 3.70. The van der Waals surface area contributed by atoms with Crippen LogP contribution < -0.4 is 0 Å². The first kappa shape index (κ1) is 17.9. The number of rotatable bonds is 3. The van der Waals surface area contributed by atoms with Crippen LogP contribution in [0.15, 0.2) is 17.8 Å². The summed E-state index contributed by atoms with van der Waals surface area (Å²) in [5.74, 6) is 0.0466. The summed E-state index contributed by atoms with van der Waals surface area (Å²) < 4.78 is 39.5. The van der Waals surface area contributed by atoms with Crippen molar-refractivity contribution in [2.75, 3.05) is 13.1 Å². The summed E-state index contributed by atoms with van der Waals surface area (Å²) in [6, 6.07) is 0.727. The fraction of sp³-hybridized carbons (Fsp3) is 0.562. The van der Waals surface area contributed by atoms with E-state index < -0.39 is 11.9 Å². The molecule has 1 aliphatic heterocycles. The normalized spacial score (nSPS) is 18.8. The number of hydrogen-bond acceptors (Lipinski definition) is 4. The van der Waals surface area contributed by atoms with Gasteiger partial charge in [-0.3, -0.25) is 9.48 Å². The highest BCUT2D eigenvalue weighted by Gasteiger charge is 2.35. The van der Waals surface area contributed by atoms with E-state index in [2.05, 4.69) is 10.1 Å². The molecular weight excluding hydrogens is 353 g/mol. The predicted molar refractivity (Wildman–Crippen MR) is 87.6 cm³/mol. The first-order chi connectivity index (χ1) is 11.8. The van der Waals surface area contributed by atoms with Gasteiger partial charge in [0, 0.05) is 19.3 Å². The number of aromatic nitrogens is 3. The maximum absolute atomic E-state index is 12.8. The maximum Gasteiger partial charge on any atom is 0.435 e. The third-order valence-corrected chi connectivity index (χ3v) is 5.12. The molecule has 0 saturated carbocycles. The molecule has 3 rings (SSSR count). The zero-order valence-electron chi connectivity index (χ0n) is 14.0. The summed E-state index contributed by atoms with van der Waals surface area (Å²) in [5, 5.41) is 3.65. The summed E-state index contributed by atoms with van der Waals surface area (Å²) in [4.78, 5) is 19.4. The van der Waals surface area contributed by atoms with Gasteiger partial charge in [-0.25, -0.2) is 4.98 Å². The Morgan fingerprint density at radius 1 is 1.40 bits per heavy atom. The lowest BCUT2D eigenvalue weighted by Gasteiger charge is -2.32. The Balaban J connectivity index is 1.76. The average Bonchev–Trinajstić information content (AvgIpc) is 3.23. The van der Waals surface area contributed by atoms with E-state index in [4.69, 9.17) is 0 Å². The first-order valence-corrected chi connectivity index (χ1v) is 9.00. The van der Waals surface area contributed by atoms with Crippen molar-refractivity contribution >= 4 is 17.2 Å². The topological polar surface area (TPSA) is 51.0 Å². The molecule has 1 fully saturated rings. The quantitative estimate of drug-likeness (QED) is 0.819. The van der Waals surface area contributed by atoms with Crippen molar-refractivity contribution in [3.8, 4) is 0 Å². The average molecular weight is 372 g/mol. The minimum atomic E-state index is -4.45. The van der Waals surface area contributed by atoms with Crippen LogP contribution in [0.1, 0.15) is 59.7 Å². The first-order valence-electron chi connectivity index (χ1n) is 8.12. The Morgan fingerprint density at radius 2 is 2.16 bits per heavy atom. The molecule has 1 amide bonds. The van der Waals surface area contributed by atoms with E-state index in [9.17, 15) is 18.0 Å². The van der Waals surface area contributed by atoms with E-state index in [1.54, 1.807) is 10.4 Å². The van der Waals surface area contributed by atoms with Gasteiger partial charge in [-0.1, -0.05) is 13.8 Å². The molecule has 2 aromatic heterocycles. The molecule has 9 heteroatoms. The van der Waals surface area contributed by atoms with Gasteiger partial charge in [0.1, 0.15) is 4.88 Å². The number of likely N-dealkylation sites (tertiary alicyclic amines) is 1. The number of nitrogens with zero attached hydrogens (tertiary/aromatic N) is 4. The Bertz CT molecular complexity index is 753. The van der Waals surface area contributed by atoms with Gasteiger partial charge < -0.3 is 4.90 Å². The van der Waals surface area contributed by atoms with Gasteiger partial charge in [0.25, 0.3) is 5.91 Å². The number of amides is 1. The molecule has 1 aliphatic rings. The molecule has 0 bridgehead atoms. The summed E-state index contributed by atoms with van der Waals surface area (Å²) in [5.41, 5.74) is 1.53. The molecule has 1 saturated heterocycles. The second-order valence-corrected chi connectivity index (χ2v) is 7.30. The van der Waals surface area contributed by atoms with Crippen LogP contribution in [0.3, 0.4) is 0 Å². The Kier molecular flexibility index (Phi) is 4.86. The smallest absolute Gasteiger partial charge is 0.336 e. The highest BCUT2D eigenvalue weighted by atomic mass is 32.1. The van der Waals surface area contributed by atoms with Gasteiger partial charge in [0.15, 0.2) is 5.69 Å². The number of thiazole rings is 1. The molecule has 1 unspecified atom stereocenters. The van der Waals surface area contributed by atoms with Crippen LogP contribution in [0.2, 0.25) is 0 Å². The second kappa shape index (κ2) is 6.78. The van der Waals surface area contributed by atoms with Crippen molar-refractivity contribution < 1.29 is 18.0 Å². The fourth-order valence-electron chi connectivity index (χ4n) is 3.02. The van der Waals surface area contributed by atoms with Crippen molar-refractivity contribution in [2.45, 2.75) is 44.8 Å². The van der Waals surface area contributed by atoms with Crippen LogP contribution >= 0.6 is 11.3 Å². The molecule has 3 heterocycles. The molecule has 0 aromatic carbocycles. The number of halogens is 3. The van der Waals surface area contributed by atoms with E-state index in [1.165, 1.54) is 22.2 Å². The minimum absolute atomic E-state index is 0.0981. The molecule has 0 N–H and O–H groups in total. The number of alkyl halides is 3. The van der Waals surface area contributed by atoms with E-state index in [1.807, 2.05) is 13.8 Å². The second-order valence-electron chi connectivity index (χ2n) is 6.45. The van der Waals surface area contributed by atoms with Gasteiger partial charge in [0.2, 0.25) is 0 Å². The zero-order valence-corrected chi connectivity index (χ0v) is 14.8. The maximum atomic E-state index is 12.8. The lowest BCUT2D eigenvalue weighted by molar-refractivity contribution is -0.141. The van der Waals surface area contributed by atoms with Crippen LogP contribution in [0.4, 0.5) is 13.2 Å². The molecule has 2 aromatic rings. The van der Waals surface area contributed by atoms with E-state index in [-0.39, 0.29) is 17.9 Å². The van der Waals surface area contributed by atoms with Crippen LogP contribution in [0, 0.1) is 0 Å². The van der Waals surface area contributed by atoms with Gasteiger partial charge in [-0.15, -0.1) is 11.3 Å². The number of hydrogen-bond donors (Lipinski definition) is 0. The fourth-order valence-corrected chi connectivity index (χ4v) is 3.93. The lowest BCUT2D eigenvalue weighted by Crippen LogP contribution is -2.41. The highest BCUT2D eigenvalue weighted by Crippen LogP contribution is 2.30. The molecule has 0 spiro atoms. The standard InChI is InChI=1S/C16H19F3N4OS/c1-10(2)13-14(25-9-20-13)15(24)22-6-3-4-11(8-22)23-7-5-12(21-23)16(17,18)19/h5,7,9-11H,3-4,6,8H2,1-2H3. The largest absolute Gasteiger partial charge is 0.435 e. The molecule has 0 aliphatic carbocycles. The predicted octanol–water partition coefficient (Wildman–Crippen LogP) is 3.96. The number of piperidine rings is 1. The molecule has 5 nitrogen and oxygen atoms in total. The van der Waals surface area contributed by atoms with Gasteiger partial charge in [-0.05, 0) is 24.8 Å². The van der Waals surface area contributed by atoms with Gasteiger partial charge in [0.05, 0.1) is 17.2 Å². The van der Waals surface area contributed by atoms with Gasteiger partial charge >= 0.3 is 6.18 Å². The minimum Gasteiger partial charge on any atom is -0.336 e. The molecular formula is C16H19F3N4OS. The molecule has 1 atom stereocenters. The van der Waals surface area contributed by atoms with Crippen LogP contribution in [0.25, 0.3) is 0 Å². The molecule has 25 heavy (non-hydrogen) atoms. The van der Waals surface area contributed by atoms with Crippen molar-refractivity contribution in [1.29, 1.82) is 0 Å². The van der Waals surface area contributed by atoms with Crippen molar-refractivity contribution in [3.05, 3.63) is 34.0 Å². The zero-order chi connectivity index (χ0) is 18.2. The van der Waals surface area contributed by atoms with Crippen LogP contribution in [0.5, 0.6) is 0 Å². The Hall–Kier alpha value is -1.90. The highest BCUT2D eigenvalue weighted by molar-refractivity contribution is 7.11. The Morgan fingerprint density at radius 3 is 2.80 bits per heavy atom. The molecule has 0 radical (unpaired) electrons. The lowest BCUT2D eigenvalue weighted by atomic mass is 10.0. The third-order valence-electron chi connectivity index (χ3n) is 4.29. The Labute approximate surface area is 147 Å². The number of carbonyl (C=O) groups is 1. The SMILES string of the molecule is CC(C)c1ncsc1C(=O)N1CCCC(n2ccc(C(F)(F)F)n2)C1. The summed E-state index contributed by atoms with van der Waals surface area (Å²) >= 11 is 1.31. The summed E-state index contributed by atoms with van der Waals surface area (Å²) in [6.45, 7) is 4.91. The van der Waals surface area contributed by atoms with Gasteiger partial charge in [-0.2, -0.15) is 18.3 Å². The summed E-state index contributed by atoms with van der Waals surface area (Å²) in [6.07, 6.45) is -1.69. The van der Waals surface area contributed by atoms with E-state index >= 15 is 0 Å². The van der Waals surface area contributed by atoms with Crippen LogP contribution in [-0.2, 0) is 6.18 Å². The van der Waals surface area contributed by atoms with E-state index in [0.29, 0.717) is 24.4 Å². The number of carbonyl (C=O) groups excluding carboxylic acids is 1. The summed E-state index contributed by atoms with van der Waals surface area (Å²) in [7, 11) is 0. The molecule has 136 valence electrons. The monoisotopic (exact) mass is 372 g/mol. The van der Waals surface area contributed by atoms with Crippen LogP contribution in [-0.4, -0.2) is 38.7 Å². The van der Waals surface area contributed by atoms with Crippen molar-refractivity contribution in [2.24, 2.45) is 0 Å².